The summed E-state index contributed by atoms with van der Waals surface area (Å²) in [7, 11) is 0. The molecular formula is C17H19N7O. The highest BCUT2D eigenvalue weighted by Crippen LogP contribution is 2.17. The second-order valence-corrected chi connectivity index (χ2v) is 6.01. The van der Waals surface area contributed by atoms with Crippen LogP contribution < -0.4 is 0 Å². The zero-order valence-electron chi connectivity index (χ0n) is 14.3. The lowest BCUT2D eigenvalue weighted by Crippen LogP contribution is -2.39. The van der Waals surface area contributed by atoms with Crippen LogP contribution in [0.3, 0.4) is 0 Å². The molecule has 8 heteroatoms. The minimum absolute atomic E-state index is 0.0908. The van der Waals surface area contributed by atoms with Crippen molar-refractivity contribution in [3.8, 4) is 5.69 Å². The summed E-state index contributed by atoms with van der Waals surface area (Å²) < 4.78 is 4.03. The summed E-state index contributed by atoms with van der Waals surface area (Å²) in [5, 5.41) is 8.40. The number of hydrogen-bond donors (Lipinski definition) is 0. The molecule has 0 saturated heterocycles. The number of aryl methyl sites for hydroxylation is 2. The third kappa shape index (κ3) is 2.69. The van der Waals surface area contributed by atoms with Crippen molar-refractivity contribution in [3.05, 3.63) is 53.9 Å². The largest absolute Gasteiger partial charge is 0.328 e. The molecule has 0 aromatic carbocycles. The zero-order chi connectivity index (χ0) is 17.4. The number of carbonyl (C=O) groups is 1. The van der Waals surface area contributed by atoms with E-state index in [1.165, 1.54) is 0 Å². The van der Waals surface area contributed by atoms with Crippen LogP contribution in [0.25, 0.3) is 5.69 Å². The van der Waals surface area contributed by atoms with E-state index in [1.54, 1.807) is 23.4 Å². The number of aromatic nitrogens is 6. The Morgan fingerprint density at radius 3 is 2.84 bits per heavy atom. The van der Waals surface area contributed by atoms with Crippen LogP contribution >= 0.6 is 0 Å². The molecule has 25 heavy (non-hydrogen) atoms. The van der Waals surface area contributed by atoms with E-state index in [0.717, 1.165) is 36.1 Å². The molecule has 0 radical (unpaired) electrons. The third-order valence-corrected chi connectivity index (χ3v) is 4.50. The maximum atomic E-state index is 12.9. The van der Waals surface area contributed by atoms with Gasteiger partial charge in [-0.1, -0.05) is 6.92 Å². The van der Waals surface area contributed by atoms with Crippen LogP contribution in [0.4, 0.5) is 0 Å². The van der Waals surface area contributed by atoms with Gasteiger partial charge >= 0.3 is 0 Å². The van der Waals surface area contributed by atoms with Crippen molar-refractivity contribution in [2.24, 2.45) is 0 Å². The van der Waals surface area contributed by atoms with E-state index in [9.17, 15) is 4.79 Å². The van der Waals surface area contributed by atoms with Crippen LogP contribution in [0.2, 0.25) is 0 Å². The Labute approximate surface area is 145 Å². The summed E-state index contributed by atoms with van der Waals surface area (Å²) >= 11 is 0. The van der Waals surface area contributed by atoms with Crippen molar-refractivity contribution in [1.82, 2.24) is 34.2 Å². The van der Waals surface area contributed by atoms with E-state index in [1.807, 2.05) is 23.8 Å². The molecule has 8 nitrogen and oxygen atoms in total. The van der Waals surface area contributed by atoms with E-state index in [2.05, 4.69) is 31.7 Å². The van der Waals surface area contributed by atoms with Gasteiger partial charge in [0.2, 0.25) is 0 Å². The Kier molecular flexibility index (Phi) is 3.79. The molecule has 0 aliphatic carbocycles. The quantitative estimate of drug-likeness (QED) is 0.721. The number of fused-ring (bicyclic) bond motifs is 1. The molecule has 0 fully saturated rings. The first kappa shape index (κ1) is 15.5. The maximum absolute atomic E-state index is 12.9. The standard InChI is InChI=1S/C17H19N7O/c1-3-15-20-21-16-11-22(8-9-24(15)16)17(25)14-10-13(4-5-19-14)23-7-6-18-12(23)2/h4-7,10H,3,8-9,11H2,1-2H3. The van der Waals surface area contributed by atoms with Crippen molar-refractivity contribution in [1.29, 1.82) is 0 Å². The first-order chi connectivity index (χ1) is 12.2. The molecule has 3 aromatic rings. The van der Waals surface area contributed by atoms with Crippen molar-refractivity contribution in [2.45, 2.75) is 33.4 Å². The Morgan fingerprint density at radius 2 is 2.08 bits per heavy atom. The van der Waals surface area contributed by atoms with E-state index < -0.39 is 0 Å². The van der Waals surface area contributed by atoms with Crippen molar-refractivity contribution < 1.29 is 4.79 Å². The molecular weight excluding hydrogens is 318 g/mol. The molecule has 0 unspecified atom stereocenters. The molecule has 0 atom stereocenters. The lowest BCUT2D eigenvalue weighted by Gasteiger charge is -2.27. The van der Waals surface area contributed by atoms with Gasteiger partial charge in [-0.15, -0.1) is 10.2 Å². The van der Waals surface area contributed by atoms with E-state index in [0.29, 0.717) is 18.8 Å². The monoisotopic (exact) mass is 337 g/mol. The Bertz CT molecular complexity index is 927. The summed E-state index contributed by atoms with van der Waals surface area (Å²) in [4.78, 5) is 23.1. The van der Waals surface area contributed by atoms with Gasteiger partial charge in [0.25, 0.3) is 5.91 Å². The van der Waals surface area contributed by atoms with Crippen molar-refractivity contribution >= 4 is 5.91 Å². The fourth-order valence-electron chi connectivity index (χ4n) is 3.15. The highest BCUT2D eigenvalue weighted by molar-refractivity contribution is 5.92. The number of carbonyl (C=O) groups excluding carboxylic acids is 1. The molecule has 4 heterocycles. The Balaban J connectivity index is 1.59. The Hall–Kier alpha value is -3.03. The van der Waals surface area contributed by atoms with Gasteiger partial charge < -0.3 is 14.0 Å². The summed E-state index contributed by atoms with van der Waals surface area (Å²) in [6.45, 7) is 5.79. The first-order valence-corrected chi connectivity index (χ1v) is 8.34. The minimum Gasteiger partial charge on any atom is -0.328 e. The van der Waals surface area contributed by atoms with E-state index in [-0.39, 0.29) is 5.91 Å². The van der Waals surface area contributed by atoms with Crippen LogP contribution in [-0.2, 0) is 19.5 Å². The fourth-order valence-corrected chi connectivity index (χ4v) is 3.15. The lowest BCUT2D eigenvalue weighted by molar-refractivity contribution is 0.0700. The number of pyridine rings is 1. The molecule has 3 aromatic heterocycles. The van der Waals surface area contributed by atoms with Gasteiger partial charge in [0.1, 0.15) is 17.3 Å². The second kappa shape index (κ2) is 6.12. The van der Waals surface area contributed by atoms with E-state index in [4.69, 9.17) is 0 Å². The molecule has 1 aliphatic heterocycles. The molecule has 128 valence electrons. The van der Waals surface area contributed by atoms with Gasteiger partial charge in [-0.3, -0.25) is 9.78 Å². The van der Waals surface area contributed by atoms with Crippen LogP contribution in [0, 0.1) is 6.92 Å². The van der Waals surface area contributed by atoms with Gasteiger partial charge in [-0.25, -0.2) is 4.98 Å². The van der Waals surface area contributed by atoms with Gasteiger partial charge in [-0.2, -0.15) is 0 Å². The SMILES string of the molecule is CCc1nnc2n1CCN(C(=O)c1cc(-n3ccnc3C)ccn1)C2. The fraction of sp³-hybridized carbons (Fsp3) is 0.353. The molecule has 1 amide bonds. The van der Waals surface area contributed by atoms with Gasteiger partial charge in [0.15, 0.2) is 5.82 Å². The van der Waals surface area contributed by atoms with Gasteiger partial charge in [0, 0.05) is 38.1 Å². The number of imidazole rings is 1. The van der Waals surface area contributed by atoms with Crippen molar-refractivity contribution in [3.63, 3.8) is 0 Å². The molecule has 4 rings (SSSR count). The average molecular weight is 337 g/mol. The molecule has 1 aliphatic rings. The maximum Gasteiger partial charge on any atom is 0.272 e. The summed E-state index contributed by atoms with van der Waals surface area (Å²) in [6, 6.07) is 3.67. The summed E-state index contributed by atoms with van der Waals surface area (Å²) in [5.74, 6) is 2.57. The third-order valence-electron chi connectivity index (χ3n) is 4.50. The normalized spacial score (nSPS) is 13.8. The lowest BCUT2D eigenvalue weighted by atomic mass is 10.2. The first-order valence-electron chi connectivity index (χ1n) is 8.34. The molecule has 0 N–H and O–H groups in total. The average Bonchev–Trinajstić information content (AvgIpc) is 3.26. The summed E-state index contributed by atoms with van der Waals surface area (Å²) in [5.41, 5.74) is 1.30. The number of hydrogen-bond acceptors (Lipinski definition) is 5. The highest BCUT2D eigenvalue weighted by atomic mass is 16.2. The van der Waals surface area contributed by atoms with Crippen LogP contribution in [-0.4, -0.2) is 46.7 Å². The van der Waals surface area contributed by atoms with Gasteiger partial charge in [-0.05, 0) is 19.1 Å². The predicted octanol–water partition coefficient (Wildman–Crippen LogP) is 1.39. The smallest absolute Gasteiger partial charge is 0.272 e. The summed E-state index contributed by atoms with van der Waals surface area (Å²) in [6.07, 6.45) is 6.10. The van der Waals surface area contributed by atoms with Crippen LogP contribution in [0.1, 0.15) is 34.9 Å². The van der Waals surface area contributed by atoms with Crippen molar-refractivity contribution in [2.75, 3.05) is 6.54 Å². The molecule has 0 saturated carbocycles. The van der Waals surface area contributed by atoms with Crippen LogP contribution in [0.15, 0.2) is 30.7 Å². The number of amides is 1. The minimum atomic E-state index is -0.0908. The predicted molar refractivity (Wildman–Crippen MR) is 90.2 cm³/mol. The topological polar surface area (TPSA) is 81.7 Å². The highest BCUT2D eigenvalue weighted by Gasteiger charge is 2.25. The molecule has 0 spiro atoms. The Morgan fingerprint density at radius 1 is 1.20 bits per heavy atom. The van der Waals surface area contributed by atoms with E-state index >= 15 is 0 Å². The second-order valence-electron chi connectivity index (χ2n) is 6.01. The zero-order valence-corrected chi connectivity index (χ0v) is 14.3. The number of nitrogens with zero attached hydrogens (tertiary/aromatic N) is 7. The molecule has 0 bridgehead atoms. The number of rotatable bonds is 3. The van der Waals surface area contributed by atoms with Crippen LogP contribution in [0.5, 0.6) is 0 Å². The van der Waals surface area contributed by atoms with Gasteiger partial charge in [0.05, 0.1) is 12.2 Å².